The molecule has 2 aromatic rings. The predicted molar refractivity (Wildman–Crippen MR) is 135 cm³/mol. The molecule has 1 aromatic heterocycles. The lowest BCUT2D eigenvalue weighted by atomic mass is 10.0. The SMILES string of the molecule is CC(O)C(NC(=O)C1CCCN1C(=O)C(N)Cc1c[nH]c2ccccc12)C(=O)NC(CCC(=O)O)C(=O)O. The second-order valence-electron chi connectivity index (χ2n) is 9.42. The van der Waals surface area contributed by atoms with Gasteiger partial charge in [0.2, 0.25) is 17.7 Å². The summed E-state index contributed by atoms with van der Waals surface area (Å²) in [5, 5.41) is 33.7. The molecule has 1 aliphatic heterocycles. The average Bonchev–Trinajstić information content (AvgIpc) is 3.51. The van der Waals surface area contributed by atoms with Crippen LogP contribution in [0.4, 0.5) is 0 Å². The summed E-state index contributed by atoms with van der Waals surface area (Å²) in [4.78, 5) is 65.7. The van der Waals surface area contributed by atoms with E-state index < -0.39 is 66.4 Å². The number of aliphatic hydroxyl groups is 1. The zero-order chi connectivity index (χ0) is 28.0. The minimum Gasteiger partial charge on any atom is -0.481 e. The lowest BCUT2D eigenvalue weighted by Gasteiger charge is -2.29. The number of nitrogens with one attached hydrogen (secondary N) is 3. The number of hydrogen-bond acceptors (Lipinski definition) is 7. The van der Waals surface area contributed by atoms with Crippen LogP contribution in [-0.4, -0.2) is 91.7 Å². The Labute approximate surface area is 218 Å². The van der Waals surface area contributed by atoms with Crippen LogP contribution in [-0.2, 0) is 30.4 Å². The molecule has 1 saturated heterocycles. The summed E-state index contributed by atoms with van der Waals surface area (Å²) < 4.78 is 0. The minimum absolute atomic E-state index is 0.249. The van der Waals surface area contributed by atoms with Gasteiger partial charge in [0, 0.05) is 30.1 Å². The Kier molecular flexibility index (Phi) is 9.42. The Bertz CT molecular complexity index is 1200. The predicted octanol–water partition coefficient (Wildman–Crippen LogP) is -0.671. The van der Waals surface area contributed by atoms with Gasteiger partial charge >= 0.3 is 11.9 Å². The summed E-state index contributed by atoms with van der Waals surface area (Å²) >= 11 is 0. The number of para-hydroxylation sites is 1. The van der Waals surface area contributed by atoms with Gasteiger partial charge in [-0.25, -0.2) is 4.79 Å². The van der Waals surface area contributed by atoms with E-state index >= 15 is 0 Å². The number of aromatic amines is 1. The molecule has 13 nitrogen and oxygen atoms in total. The third-order valence-electron chi connectivity index (χ3n) is 6.59. The van der Waals surface area contributed by atoms with Gasteiger partial charge in [-0.1, -0.05) is 18.2 Å². The van der Waals surface area contributed by atoms with E-state index in [9.17, 15) is 34.2 Å². The Morgan fingerprint density at radius 3 is 2.53 bits per heavy atom. The zero-order valence-electron chi connectivity index (χ0n) is 20.9. The maximum atomic E-state index is 13.2. The number of nitrogens with two attached hydrogens (primary N) is 1. The first-order valence-corrected chi connectivity index (χ1v) is 12.3. The zero-order valence-corrected chi connectivity index (χ0v) is 20.9. The first kappa shape index (κ1) is 28.6. The molecule has 1 fully saturated rings. The molecule has 3 amide bonds. The Morgan fingerprint density at radius 1 is 1.16 bits per heavy atom. The summed E-state index contributed by atoms with van der Waals surface area (Å²) in [6.07, 6.45) is 0.616. The number of benzene rings is 1. The molecule has 206 valence electrons. The van der Waals surface area contributed by atoms with E-state index in [2.05, 4.69) is 15.6 Å². The number of carbonyl (C=O) groups excluding carboxylic acids is 3. The van der Waals surface area contributed by atoms with E-state index in [1.54, 1.807) is 6.20 Å². The van der Waals surface area contributed by atoms with Gasteiger partial charge < -0.3 is 41.6 Å². The molecule has 5 atom stereocenters. The fourth-order valence-electron chi connectivity index (χ4n) is 4.58. The number of aromatic nitrogens is 1. The number of nitrogens with zero attached hydrogens (tertiary/aromatic N) is 1. The first-order chi connectivity index (χ1) is 18.0. The van der Waals surface area contributed by atoms with E-state index in [1.807, 2.05) is 24.3 Å². The molecule has 38 heavy (non-hydrogen) atoms. The van der Waals surface area contributed by atoms with Crippen molar-refractivity contribution >= 4 is 40.6 Å². The number of aliphatic hydroxyl groups excluding tert-OH is 1. The van der Waals surface area contributed by atoms with Crippen molar-refractivity contribution in [1.82, 2.24) is 20.5 Å². The molecule has 0 radical (unpaired) electrons. The van der Waals surface area contributed by atoms with E-state index in [-0.39, 0.29) is 12.8 Å². The Balaban J connectivity index is 1.65. The van der Waals surface area contributed by atoms with Crippen molar-refractivity contribution in [3.8, 4) is 0 Å². The van der Waals surface area contributed by atoms with Gasteiger partial charge in [-0.3, -0.25) is 19.2 Å². The molecular weight excluding hydrogens is 498 g/mol. The van der Waals surface area contributed by atoms with Crippen LogP contribution >= 0.6 is 0 Å². The van der Waals surface area contributed by atoms with Crippen molar-refractivity contribution in [1.29, 1.82) is 0 Å². The largest absolute Gasteiger partial charge is 0.481 e. The smallest absolute Gasteiger partial charge is 0.326 e. The number of carboxylic acid groups (broad SMARTS) is 2. The van der Waals surface area contributed by atoms with Crippen LogP contribution in [0.25, 0.3) is 10.9 Å². The quantitative estimate of drug-likeness (QED) is 0.184. The summed E-state index contributed by atoms with van der Waals surface area (Å²) in [7, 11) is 0. The number of carbonyl (C=O) groups is 5. The second-order valence-corrected chi connectivity index (χ2v) is 9.42. The third kappa shape index (κ3) is 6.86. The van der Waals surface area contributed by atoms with E-state index in [1.165, 1.54) is 11.8 Å². The van der Waals surface area contributed by atoms with Crippen molar-refractivity contribution in [3.63, 3.8) is 0 Å². The van der Waals surface area contributed by atoms with Crippen molar-refractivity contribution in [2.45, 2.75) is 69.3 Å². The maximum Gasteiger partial charge on any atom is 0.326 e. The fraction of sp³-hybridized carbons (Fsp3) is 0.480. The van der Waals surface area contributed by atoms with Crippen LogP contribution in [0.1, 0.15) is 38.2 Å². The number of rotatable bonds is 12. The summed E-state index contributed by atoms with van der Waals surface area (Å²) in [5.41, 5.74) is 8.01. The van der Waals surface area contributed by atoms with E-state index in [0.717, 1.165) is 16.5 Å². The molecule has 13 heteroatoms. The highest BCUT2D eigenvalue weighted by Crippen LogP contribution is 2.22. The molecular formula is C25H33N5O8. The Hall–Kier alpha value is -3.97. The van der Waals surface area contributed by atoms with Gasteiger partial charge in [-0.15, -0.1) is 0 Å². The number of carboxylic acids is 2. The molecule has 5 unspecified atom stereocenters. The van der Waals surface area contributed by atoms with E-state index in [4.69, 9.17) is 10.8 Å². The van der Waals surface area contributed by atoms with Crippen LogP contribution in [0.5, 0.6) is 0 Å². The van der Waals surface area contributed by atoms with Gasteiger partial charge in [-0.05, 0) is 44.2 Å². The van der Waals surface area contributed by atoms with Crippen molar-refractivity contribution in [3.05, 3.63) is 36.0 Å². The van der Waals surface area contributed by atoms with Crippen molar-refractivity contribution < 1.29 is 39.3 Å². The highest BCUT2D eigenvalue weighted by Gasteiger charge is 2.39. The molecule has 0 bridgehead atoms. The van der Waals surface area contributed by atoms with Crippen LogP contribution in [0.2, 0.25) is 0 Å². The second kappa shape index (κ2) is 12.5. The normalized spacial score (nSPS) is 18.4. The summed E-state index contributed by atoms with van der Waals surface area (Å²) in [6.45, 7) is 1.53. The minimum atomic E-state index is -1.52. The first-order valence-electron chi connectivity index (χ1n) is 12.3. The molecule has 0 aliphatic carbocycles. The van der Waals surface area contributed by atoms with Crippen molar-refractivity contribution in [2.24, 2.45) is 5.73 Å². The monoisotopic (exact) mass is 531 g/mol. The highest BCUT2D eigenvalue weighted by molar-refractivity contribution is 5.95. The topological polar surface area (TPSA) is 215 Å². The van der Waals surface area contributed by atoms with Crippen LogP contribution < -0.4 is 16.4 Å². The number of H-pyrrole nitrogens is 1. The standard InChI is InChI=1S/C25H33N5O8/c1-13(31)21(23(35)28-18(25(37)38)8-9-20(32)33)29-22(34)19-7-4-10-30(19)24(36)16(26)11-14-12-27-17-6-3-2-5-15(14)17/h2-3,5-6,12-13,16,18-19,21,27,31H,4,7-11,26H2,1H3,(H,28,35)(H,29,34)(H,32,33)(H,37,38). The molecule has 8 N–H and O–H groups in total. The third-order valence-corrected chi connectivity index (χ3v) is 6.59. The summed E-state index contributed by atoms with van der Waals surface area (Å²) in [5.74, 6) is -4.79. The van der Waals surface area contributed by atoms with E-state index in [0.29, 0.717) is 19.4 Å². The van der Waals surface area contributed by atoms with Gasteiger partial charge in [0.15, 0.2) is 0 Å². The van der Waals surface area contributed by atoms with Gasteiger partial charge in [0.05, 0.1) is 12.1 Å². The number of likely N-dealkylation sites (tertiary alicyclic amines) is 1. The molecule has 3 rings (SSSR count). The maximum absolute atomic E-state index is 13.2. The highest BCUT2D eigenvalue weighted by atomic mass is 16.4. The molecule has 0 saturated carbocycles. The summed E-state index contributed by atoms with van der Waals surface area (Å²) in [6, 6.07) is 2.72. The fourth-order valence-corrected chi connectivity index (χ4v) is 4.58. The molecule has 1 aliphatic rings. The van der Waals surface area contributed by atoms with Gasteiger partial charge in [-0.2, -0.15) is 0 Å². The number of fused-ring (bicyclic) bond motifs is 1. The van der Waals surface area contributed by atoms with Crippen LogP contribution in [0, 0.1) is 0 Å². The Morgan fingerprint density at radius 2 is 1.87 bits per heavy atom. The average molecular weight is 532 g/mol. The van der Waals surface area contributed by atoms with Crippen LogP contribution in [0.15, 0.2) is 30.5 Å². The van der Waals surface area contributed by atoms with Gasteiger partial charge in [0.25, 0.3) is 0 Å². The number of hydrogen-bond donors (Lipinski definition) is 7. The van der Waals surface area contributed by atoms with Crippen LogP contribution in [0.3, 0.4) is 0 Å². The lowest BCUT2D eigenvalue weighted by Crippen LogP contribution is -2.59. The van der Waals surface area contributed by atoms with Gasteiger partial charge in [0.1, 0.15) is 18.1 Å². The molecule has 1 aromatic carbocycles. The number of aliphatic carboxylic acids is 2. The molecule has 2 heterocycles. The number of amides is 3. The lowest BCUT2D eigenvalue weighted by molar-refractivity contribution is -0.144. The molecule has 0 spiro atoms. The van der Waals surface area contributed by atoms with Crippen molar-refractivity contribution in [2.75, 3.05) is 6.54 Å².